The van der Waals surface area contributed by atoms with E-state index >= 15 is 0 Å². The molecule has 0 fully saturated rings. The van der Waals surface area contributed by atoms with E-state index in [1.807, 2.05) is 12.1 Å². The maximum absolute atomic E-state index is 6.01. The molecule has 0 bridgehead atoms. The first-order chi connectivity index (χ1) is 6.77. The lowest BCUT2D eigenvalue weighted by molar-refractivity contribution is 0.418. The van der Waals surface area contributed by atoms with E-state index in [0.717, 1.165) is 24.4 Å². The van der Waals surface area contributed by atoms with Crippen molar-refractivity contribution in [1.29, 1.82) is 0 Å². The molecule has 88 valence electrons. The molecule has 0 amide bonds. The smallest absolute Gasteiger partial charge is 0.120 e. The van der Waals surface area contributed by atoms with Gasteiger partial charge in [-0.15, -0.1) is 12.4 Å². The maximum atomic E-state index is 6.01. The van der Waals surface area contributed by atoms with Gasteiger partial charge in [0.2, 0.25) is 0 Å². The minimum atomic E-state index is 0. The van der Waals surface area contributed by atoms with Crippen LogP contribution in [0, 0.1) is 0 Å². The van der Waals surface area contributed by atoms with E-state index in [4.69, 9.17) is 10.2 Å². The van der Waals surface area contributed by atoms with Crippen LogP contribution in [0.4, 0.5) is 0 Å². The summed E-state index contributed by atoms with van der Waals surface area (Å²) in [5.41, 5.74) is 6.01. The van der Waals surface area contributed by atoms with Gasteiger partial charge in [0, 0.05) is 6.42 Å². The van der Waals surface area contributed by atoms with Crippen molar-refractivity contribution in [3.63, 3.8) is 0 Å². The van der Waals surface area contributed by atoms with Crippen LogP contribution < -0.4 is 5.73 Å². The molecule has 1 aromatic rings. The molecule has 0 spiro atoms. The predicted octanol–water partition coefficient (Wildman–Crippen LogP) is 3.84. The first-order valence-electron chi connectivity index (χ1n) is 5.62. The van der Waals surface area contributed by atoms with Gasteiger partial charge >= 0.3 is 0 Å². The zero-order chi connectivity index (χ0) is 10.4. The molecule has 1 aromatic heterocycles. The van der Waals surface area contributed by atoms with Gasteiger partial charge in [-0.25, -0.2) is 0 Å². The van der Waals surface area contributed by atoms with E-state index in [1.54, 1.807) is 0 Å². The molecule has 1 rings (SSSR count). The molecule has 0 aliphatic carbocycles. The quantitative estimate of drug-likeness (QED) is 0.756. The Morgan fingerprint density at radius 1 is 1.27 bits per heavy atom. The predicted molar refractivity (Wildman–Crippen MR) is 66.4 cm³/mol. The van der Waals surface area contributed by atoms with Gasteiger partial charge in [-0.1, -0.05) is 33.1 Å². The SMILES string of the molecule is CCCCC[C@@H](N)c1ccc(CC)o1.Cl. The average Bonchev–Trinajstić information content (AvgIpc) is 2.66. The third kappa shape index (κ3) is 4.72. The second kappa shape index (κ2) is 7.77. The van der Waals surface area contributed by atoms with Crippen molar-refractivity contribution in [2.45, 2.75) is 52.0 Å². The molecule has 1 heterocycles. The number of aryl methyl sites for hydroxylation is 1. The molecule has 0 aromatic carbocycles. The fourth-order valence-electron chi connectivity index (χ4n) is 1.54. The van der Waals surface area contributed by atoms with E-state index in [-0.39, 0.29) is 18.4 Å². The third-order valence-electron chi connectivity index (χ3n) is 2.52. The molecule has 2 N–H and O–H groups in total. The van der Waals surface area contributed by atoms with Crippen molar-refractivity contribution in [2.24, 2.45) is 5.73 Å². The Morgan fingerprint density at radius 2 is 2.00 bits per heavy atom. The minimum Gasteiger partial charge on any atom is -0.464 e. The minimum absolute atomic E-state index is 0. The molecule has 15 heavy (non-hydrogen) atoms. The van der Waals surface area contributed by atoms with Crippen molar-refractivity contribution >= 4 is 12.4 Å². The van der Waals surface area contributed by atoms with Crippen LogP contribution in [-0.2, 0) is 6.42 Å². The molecule has 0 saturated carbocycles. The van der Waals surface area contributed by atoms with Crippen LogP contribution in [0.2, 0.25) is 0 Å². The molecule has 0 aliphatic heterocycles. The molecular weight excluding hydrogens is 210 g/mol. The average molecular weight is 232 g/mol. The fourth-order valence-corrected chi connectivity index (χ4v) is 1.54. The molecule has 1 atom stereocenters. The van der Waals surface area contributed by atoms with Gasteiger partial charge in [0.1, 0.15) is 11.5 Å². The van der Waals surface area contributed by atoms with Gasteiger partial charge in [-0.2, -0.15) is 0 Å². The van der Waals surface area contributed by atoms with Crippen LogP contribution in [0.1, 0.15) is 57.1 Å². The number of nitrogens with two attached hydrogens (primary N) is 1. The summed E-state index contributed by atoms with van der Waals surface area (Å²) in [4.78, 5) is 0. The third-order valence-corrected chi connectivity index (χ3v) is 2.52. The lowest BCUT2D eigenvalue weighted by Crippen LogP contribution is -2.08. The summed E-state index contributed by atoms with van der Waals surface area (Å²) < 4.78 is 5.60. The van der Waals surface area contributed by atoms with Crippen molar-refractivity contribution in [1.82, 2.24) is 0 Å². The van der Waals surface area contributed by atoms with Gasteiger partial charge in [-0.3, -0.25) is 0 Å². The highest BCUT2D eigenvalue weighted by Crippen LogP contribution is 2.20. The van der Waals surface area contributed by atoms with Gasteiger partial charge in [0.15, 0.2) is 0 Å². The number of halogens is 1. The van der Waals surface area contributed by atoms with E-state index in [0.29, 0.717) is 0 Å². The largest absolute Gasteiger partial charge is 0.464 e. The van der Waals surface area contributed by atoms with Crippen molar-refractivity contribution in [3.8, 4) is 0 Å². The first-order valence-corrected chi connectivity index (χ1v) is 5.62. The molecule has 0 radical (unpaired) electrons. The molecule has 3 heteroatoms. The van der Waals surface area contributed by atoms with Gasteiger partial charge < -0.3 is 10.2 Å². The summed E-state index contributed by atoms with van der Waals surface area (Å²) in [5.74, 6) is 1.98. The summed E-state index contributed by atoms with van der Waals surface area (Å²) in [6.45, 7) is 4.29. The van der Waals surface area contributed by atoms with Crippen molar-refractivity contribution in [2.75, 3.05) is 0 Å². The molecule has 0 unspecified atom stereocenters. The summed E-state index contributed by atoms with van der Waals surface area (Å²) >= 11 is 0. The van der Waals surface area contributed by atoms with Crippen LogP contribution >= 0.6 is 12.4 Å². The van der Waals surface area contributed by atoms with Crippen LogP contribution in [0.3, 0.4) is 0 Å². The number of hydrogen-bond acceptors (Lipinski definition) is 2. The van der Waals surface area contributed by atoms with E-state index in [9.17, 15) is 0 Å². The number of rotatable bonds is 6. The van der Waals surface area contributed by atoms with Crippen LogP contribution in [0.5, 0.6) is 0 Å². The topological polar surface area (TPSA) is 39.2 Å². The number of furan rings is 1. The highest BCUT2D eigenvalue weighted by Gasteiger charge is 2.09. The molecule has 0 saturated heterocycles. The Balaban J connectivity index is 0.00000196. The van der Waals surface area contributed by atoms with Crippen LogP contribution in [0.25, 0.3) is 0 Å². The van der Waals surface area contributed by atoms with Gasteiger partial charge in [0.25, 0.3) is 0 Å². The standard InChI is InChI=1S/C12H21NO.ClH/c1-3-5-6-7-11(13)12-9-8-10(4-2)14-12;/h8-9,11H,3-7,13H2,1-2H3;1H/t11-;/m1./s1. The number of unbranched alkanes of at least 4 members (excludes halogenated alkanes) is 2. The Bertz CT molecular complexity index is 260. The Kier molecular flexibility index (Phi) is 7.53. The van der Waals surface area contributed by atoms with Crippen LogP contribution in [0.15, 0.2) is 16.5 Å². The molecule has 0 aliphatic rings. The van der Waals surface area contributed by atoms with Gasteiger partial charge in [-0.05, 0) is 18.6 Å². The molecular formula is C12H22ClNO. The summed E-state index contributed by atoms with van der Waals surface area (Å²) in [5, 5.41) is 0. The van der Waals surface area contributed by atoms with Crippen LogP contribution in [-0.4, -0.2) is 0 Å². The van der Waals surface area contributed by atoms with E-state index < -0.39 is 0 Å². The van der Waals surface area contributed by atoms with Crippen molar-refractivity contribution in [3.05, 3.63) is 23.7 Å². The zero-order valence-electron chi connectivity index (χ0n) is 9.66. The Hall–Kier alpha value is -0.470. The van der Waals surface area contributed by atoms with Gasteiger partial charge in [0.05, 0.1) is 6.04 Å². The monoisotopic (exact) mass is 231 g/mol. The number of hydrogen-bond donors (Lipinski definition) is 1. The zero-order valence-corrected chi connectivity index (χ0v) is 10.5. The summed E-state index contributed by atoms with van der Waals surface area (Å²) in [6.07, 6.45) is 5.67. The lowest BCUT2D eigenvalue weighted by atomic mass is 10.1. The Labute approximate surface area is 98.6 Å². The second-order valence-electron chi connectivity index (χ2n) is 3.76. The highest BCUT2D eigenvalue weighted by atomic mass is 35.5. The summed E-state index contributed by atoms with van der Waals surface area (Å²) in [7, 11) is 0. The highest BCUT2D eigenvalue weighted by molar-refractivity contribution is 5.85. The van der Waals surface area contributed by atoms with E-state index in [2.05, 4.69) is 13.8 Å². The fraction of sp³-hybridized carbons (Fsp3) is 0.667. The van der Waals surface area contributed by atoms with E-state index in [1.165, 1.54) is 19.3 Å². The molecule has 2 nitrogen and oxygen atoms in total. The second-order valence-corrected chi connectivity index (χ2v) is 3.76. The Morgan fingerprint density at radius 3 is 2.53 bits per heavy atom. The van der Waals surface area contributed by atoms with Crippen molar-refractivity contribution < 1.29 is 4.42 Å². The maximum Gasteiger partial charge on any atom is 0.120 e. The normalized spacial score (nSPS) is 12.2. The lowest BCUT2D eigenvalue weighted by Gasteiger charge is -2.07. The first kappa shape index (κ1) is 14.5. The summed E-state index contributed by atoms with van der Waals surface area (Å²) in [6, 6.07) is 4.12.